The van der Waals surface area contributed by atoms with E-state index in [-0.39, 0.29) is 5.91 Å². The number of benzene rings is 1. The summed E-state index contributed by atoms with van der Waals surface area (Å²) in [6, 6.07) is 19.1. The van der Waals surface area contributed by atoms with Gasteiger partial charge >= 0.3 is 0 Å². The number of hydrogen-bond donors (Lipinski definition) is 2. The molecule has 0 bridgehead atoms. The Hall–Kier alpha value is -3.80. The van der Waals surface area contributed by atoms with E-state index in [0.717, 1.165) is 28.1 Å². The second-order valence-corrected chi connectivity index (χ2v) is 6.00. The summed E-state index contributed by atoms with van der Waals surface area (Å²) in [4.78, 5) is 20.8. The topological polar surface area (TPSA) is 83.6 Å². The number of rotatable bonds is 5. The molecule has 6 nitrogen and oxygen atoms in total. The van der Waals surface area contributed by atoms with Crippen LogP contribution < -0.4 is 5.32 Å². The highest BCUT2D eigenvalue weighted by Crippen LogP contribution is 2.18. The first-order valence-corrected chi connectivity index (χ1v) is 8.54. The molecule has 6 heteroatoms. The number of pyridine rings is 2. The normalized spacial score (nSPS) is 10.5. The summed E-state index contributed by atoms with van der Waals surface area (Å²) in [6.07, 6.45) is 5.20. The van der Waals surface area contributed by atoms with E-state index in [1.807, 2.05) is 54.6 Å². The predicted molar refractivity (Wildman–Crippen MR) is 103 cm³/mol. The van der Waals surface area contributed by atoms with Crippen molar-refractivity contribution < 1.29 is 4.79 Å². The summed E-state index contributed by atoms with van der Waals surface area (Å²) in [5, 5.41) is 9.92. The largest absolute Gasteiger partial charge is 0.347 e. The fraction of sp³-hybridized carbons (Fsp3) is 0.0476. The molecule has 0 fully saturated rings. The van der Waals surface area contributed by atoms with Gasteiger partial charge in [-0.1, -0.05) is 30.3 Å². The van der Waals surface area contributed by atoms with Crippen LogP contribution in [0.1, 0.15) is 16.1 Å². The summed E-state index contributed by atoms with van der Waals surface area (Å²) < 4.78 is 0. The molecular formula is C21H17N5O. The predicted octanol–water partition coefficient (Wildman–Crippen LogP) is 3.46. The fourth-order valence-electron chi connectivity index (χ4n) is 2.74. The molecule has 4 aromatic rings. The van der Waals surface area contributed by atoms with Crippen molar-refractivity contribution in [2.75, 3.05) is 0 Å². The quantitative estimate of drug-likeness (QED) is 0.574. The van der Waals surface area contributed by atoms with Crippen LogP contribution in [0.4, 0.5) is 0 Å². The van der Waals surface area contributed by atoms with Crippen molar-refractivity contribution in [1.82, 2.24) is 25.5 Å². The smallest absolute Gasteiger partial charge is 0.269 e. The number of amides is 1. The minimum atomic E-state index is -0.202. The van der Waals surface area contributed by atoms with E-state index in [4.69, 9.17) is 0 Å². The molecule has 27 heavy (non-hydrogen) atoms. The lowest BCUT2D eigenvalue weighted by Gasteiger charge is -2.06. The van der Waals surface area contributed by atoms with Gasteiger partial charge in [-0.3, -0.25) is 19.9 Å². The minimum Gasteiger partial charge on any atom is -0.347 e. The lowest BCUT2D eigenvalue weighted by atomic mass is 10.1. The molecule has 0 aliphatic heterocycles. The average Bonchev–Trinajstić information content (AvgIpc) is 3.24. The molecule has 0 saturated heterocycles. The number of aromatic nitrogens is 4. The Morgan fingerprint density at radius 2 is 1.67 bits per heavy atom. The maximum absolute atomic E-state index is 12.4. The van der Waals surface area contributed by atoms with E-state index in [9.17, 15) is 4.79 Å². The molecule has 4 rings (SSSR count). The van der Waals surface area contributed by atoms with Crippen molar-refractivity contribution >= 4 is 5.91 Å². The lowest BCUT2D eigenvalue weighted by molar-refractivity contribution is 0.0946. The van der Waals surface area contributed by atoms with Gasteiger partial charge in [-0.2, -0.15) is 5.10 Å². The van der Waals surface area contributed by atoms with Crippen molar-refractivity contribution in [2.45, 2.75) is 6.54 Å². The molecule has 2 N–H and O–H groups in total. The van der Waals surface area contributed by atoms with Gasteiger partial charge in [-0.15, -0.1) is 0 Å². The number of nitrogens with zero attached hydrogens (tertiary/aromatic N) is 3. The van der Waals surface area contributed by atoms with E-state index >= 15 is 0 Å². The zero-order chi connectivity index (χ0) is 18.5. The Labute approximate surface area is 156 Å². The summed E-state index contributed by atoms with van der Waals surface area (Å²) in [6.45, 7) is 0.402. The van der Waals surface area contributed by atoms with E-state index in [1.165, 1.54) is 0 Å². The molecule has 0 atom stereocenters. The van der Waals surface area contributed by atoms with Crippen molar-refractivity contribution in [3.63, 3.8) is 0 Å². The first-order valence-electron chi connectivity index (χ1n) is 8.54. The molecule has 3 heterocycles. The molecule has 0 aliphatic rings. The zero-order valence-electron chi connectivity index (χ0n) is 14.5. The van der Waals surface area contributed by atoms with Crippen LogP contribution in [-0.4, -0.2) is 26.1 Å². The van der Waals surface area contributed by atoms with Crippen LogP contribution >= 0.6 is 0 Å². The highest BCUT2D eigenvalue weighted by molar-refractivity contribution is 5.93. The van der Waals surface area contributed by atoms with E-state index < -0.39 is 0 Å². The number of carbonyl (C=O) groups is 1. The fourth-order valence-corrected chi connectivity index (χ4v) is 2.74. The molecule has 0 saturated carbocycles. The number of nitrogens with one attached hydrogen (secondary N) is 2. The first-order chi connectivity index (χ1) is 13.3. The molecule has 132 valence electrons. The zero-order valence-corrected chi connectivity index (χ0v) is 14.5. The van der Waals surface area contributed by atoms with Crippen LogP contribution in [0.15, 0.2) is 79.3 Å². The van der Waals surface area contributed by atoms with Crippen LogP contribution in [0.3, 0.4) is 0 Å². The van der Waals surface area contributed by atoms with E-state index in [2.05, 4.69) is 25.5 Å². The van der Waals surface area contributed by atoms with Gasteiger partial charge in [0.1, 0.15) is 5.69 Å². The minimum absolute atomic E-state index is 0.202. The second kappa shape index (κ2) is 7.61. The highest BCUT2D eigenvalue weighted by atomic mass is 16.1. The molecular weight excluding hydrogens is 338 g/mol. The molecule has 0 spiro atoms. The summed E-state index contributed by atoms with van der Waals surface area (Å²) in [7, 11) is 0. The van der Waals surface area contributed by atoms with Crippen LogP contribution in [0, 0.1) is 0 Å². The number of H-pyrrole nitrogens is 1. The maximum Gasteiger partial charge on any atom is 0.269 e. The molecule has 0 aliphatic carbocycles. The van der Waals surface area contributed by atoms with Crippen LogP contribution in [-0.2, 0) is 6.54 Å². The summed E-state index contributed by atoms with van der Waals surface area (Å²) in [5.74, 6) is -0.202. The van der Waals surface area contributed by atoms with Gasteiger partial charge in [0.2, 0.25) is 0 Å². The van der Waals surface area contributed by atoms with Gasteiger partial charge in [0.05, 0.1) is 11.4 Å². The van der Waals surface area contributed by atoms with Crippen molar-refractivity contribution in [1.29, 1.82) is 0 Å². The van der Waals surface area contributed by atoms with Gasteiger partial charge in [0, 0.05) is 36.3 Å². The van der Waals surface area contributed by atoms with Crippen molar-refractivity contribution in [2.24, 2.45) is 0 Å². The molecule has 1 amide bonds. The molecule has 3 aromatic heterocycles. The van der Waals surface area contributed by atoms with Crippen molar-refractivity contribution in [3.8, 4) is 22.5 Å². The second-order valence-electron chi connectivity index (χ2n) is 6.00. The summed E-state index contributed by atoms with van der Waals surface area (Å²) >= 11 is 0. The third-order valence-corrected chi connectivity index (χ3v) is 4.15. The standard InChI is InChI=1S/C21H17N5O/c27-21(20-13-19(25-26-20)16-4-2-1-3-5-16)24-14-15-6-11-23-18(12-15)17-7-9-22-10-8-17/h1-13H,14H2,(H,24,27)(H,25,26). The number of aromatic amines is 1. The van der Waals surface area contributed by atoms with Crippen LogP contribution in [0.25, 0.3) is 22.5 Å². The van der Waals surface area contributed by atoms with Crippen molar-refractivity contribution in [3.05, 3.63) is 90.5 Å². The Kier molecular flexibility index (Phi) is 4.70. The maximum atomic E-state index is 12.4. The molecule has 1 aromatic carbocycles. The van der Waals surface area contributed by atoms with Crippen LogP contribution in [0.5, 0.6) is 0 Å². The Morgan fingerprint density at radius 3 is 2.48 bits per heavy atom. The molecule has 0 unspecified atom stereocenters. The summed E-state index contributed by atoms with van der Waals surface area (Å²) in [5.41, 5.74) is 4.93. The SMILES string of the molecule is O=C(NCc1ccnc(-c2ccncc2)c1)c1cc(-c2ccccc2)n[nH]1. The third-order valence-electron chi connectivity index (χ3n) is 4.15. The van der Waals surface area contributed by atoms with Gasteiger partial charge in [-0.25, -0.2) is 0 Å². The average molecular weight is 355 g/mol. The van der Waals surface area contributed by atoms with Crippen LogP contribution in [0.2, 0.25) is 0 Å². The number of hydrogen-bond acceptors (Lipinski definition) is 4. The van der Waals surface area contributed by atoms with Gasteiger partial charge in [0.25, 0.3) is 5.91 Å². The highest BCUT2D eigenvalue weighted by Gasteiger charge is 2.11. The third kappa shape index (κ3) is 3.90. The van der Waals surface area contributed by atoms with Gasteiger partial charge in [-0.05, 0) is 35.9 Å². The van der Waals surface area contributed by atoms with E-state index in [1.54, 1.807) is 24.7 Å². The Balaban J connectivity index is 1.43. The van der Waals surface area contributed by atoms with E-state index in [0.29, 0.717) is 12.2 Å². The Morgan fingerprint density at radius 1 is 0.889 bits per heavy atom. The monoisotopic (exact) mass is 355 g/mol. The number of carbonyl (C=O) groups excluding carboxylic acids is 1. The lowest BCUT2D eigenvalue weighted by Crippen LogP contribution is -2.23. The first kappa shape index (κ1) is 16.7. The Bertz CT molecular complexity index is 1040. The molecule has 0 radical (unpaired) electrons. The van der Waals surface area contributed by atoms with Gasteiger partial charge < -0.3 is 5.32 Å². The van der Waals surface area contributed by atoms with Gasteiger partial charge in [0.15, 0.2) is 0 Å².